The lowest BCUT2D eigenvalue weighted by Gasteiger charge is -2.18. The van der Waals surface area contributed by atoms with E-state index in [1.165, 1.54) is 25.1 Å². The summed E-state index contributed by atoms with van der Waals surface area (Å²) in [7, 11) is 0. The van der Waals surface area contributed by atoms with Crippen LogP contribution in [0, 0.1) is 0 Å². The van der Waals surface area contributed by atoms with Crippen molar-refractivity contribution in [3.05, 3.63) is 29.8 Å². The molecule has 2 rings (SSSR count). The minimum absolute atomic E-state index is 0.0627. The van der Waals surface area contributed by atoms with Crippen LogP contribution in [0.1, 0.15) is 25.8 Å². The van der Waals surface area contributed by atoms with Crippen LogP contribution < -0.4 is 15.4 Å². The zero-order valence-electron chi connectivity index (χ0n) is 16.2. The van der Waals surface area contributed by atoms with Crippen LogP contribution >= 0.6 is 0 Å². The molecule has 1 aromatic carbocycles. The molecule has 1 atom stereocenters. The molecule has 9 nitrogen and oxygen atoms in total. The number of nitrogens with zero attached hydrogens (tertiary/aromatic N) is 1. The van der Waals surface area contributed by atoms with Crippen LogP contribution in [0.3, 0.4) is 0 Å². The first-order valence-electron chi connectivity index (χ1n) is 8.85. The minimum Gasteiger partial charge on any atom is -0.454 e. The topological polar surface area (TPSA) is 114 Å². The van der Waals surface area contributed by atoms with E-state index >= 15 is 0 Å². The minimum atomic E-state index is -4.89. The molecule has 1 aromatic rings. The van der Waals surface area contributed by atoms with Crippen LogP contribution in [-0.2, 0) is 25.7 Å². The van der Waals surface area contributed by atoms with E-state index in [1.54, 1.807) is 6.92 Å². The van der Waals surface area contributed by atoms with Gasteiger partial charge >= 0.3 is 18.4 Å². The summed E-state index contributed by atoms with van der Waals surface area (Å²) in [5.74, 6) is -2.84. The zero-order valence-corrected chi connectivity index (χ0v) is 16.2. The molecule has 0 aliphatic carbocycles. The van der Waals surface area contributed by atoms with E-state index in [1.807, 2.05) is 0 Å². The predicted octanol–water partition coefficient (Wildman–Crippen LogP) is 1.47. The van der Waals surface area contributed by atoms with E-state index < -0.39 is 54.6 Å². The number of halogens is 3. The molecule has 1 heterocycles. The largest absolute Gasteiger partial charge is 0.573 e. The highest BCUT2D eigenvalue weighted by Crippen LogP contribution is 2.26. The van der Waals surface area contributed by atoms with Crippen molar-refractivity contribution in [1.82, 2.24) is 15.5 Å². The number of amides is 4. The normalized spacial score (nSPS) is 18.8. The van der Waals surface area contributed by atoms with E-state index in [0.29, 0.717) is 11.3 Å². The summed E-state index contributed by atoms with van der Waals surface area (Å²) in [6.07, 6.45) is -4.56. The molecule has 1 unspecified atom stereocenters. The third kappa shape index (κ3) is 5.84. The Morgan fingerprint density at radius 1 is 1.23 bits per heavy atom. The molecule has 1 fully saturated rings. The van der Waals surface area contributed by atoms with Gasteiger partial charge in [0.25, 0.3) is 11.8 Å². The molecule has 1 aliphatic rings. The number of imide groups is 1. The molecule has 1 aliphatic heterocycles. The summed E-state index contributed by atoms with van der Waals surface area (Å²) < 4.78 is 45.8. The fourth-order valence-electron chi connectivity index (χ4n) is 2.57. The van der Waals surface area contributed by atoms with E-state index in [4.69, 9.17) is 4.74 Å². The highest BCUT2D eigenvalue weighted by Gasteiger charge is 2.47. The number of esters is 1. The molecule has 2 N–H and O–H groups in total. The summed E-state index contributed by atoms with van der Waals surface area (Å²) in [6, 6.07) is 4.49. The van der Waals surface area contributed by atoms with Gasteiger partial charge in [-0.05, 0) is 19.4 Å². The Balaban J connectivity index is 1.82. The standard InChI is InChI=1S/C18H20F3N3O6/c1-3-17(2)15(27)24(16(28)23-17)9-14(26)29-10-13(25)22-8-11-6-4-5-7-12(11)30-18(19,20)21/h4-7H,3,8-10H2,1-2H3,(H,22,25)(H,23,28). The Kier molecular flexibility index (Phi) is 6.90. The van der Waals surface area contributed by atoms with Gasteiger partial charge in [0, 0.05) is 12.1 Å². The highest BCUT2D eigenvalue weighted by atomic mass is 19.4. The molecule has 0 aromatic heterocycles. The number of carbonyl (C=O) groups is 4. The van der Waals surface area contributed by atoms with Gasteiger partial charge in [0.15, 0.2) is 6.61 Å². The smallest absolute Gasteiger partial charge is 0.454 e. The number of urea groups is 1. The van der Waals surface area contributed by atoms with Gasteiger partial charge in [-0.3, -0.25) is 19.3 Å². The monoisotopic (exact) mass is 431 g/mol. The van der Waals surface area contributed by atoms with Gasteiger partial charge in [-0.2, -0.15) is 0 Å². The number of hydrogen-bond donors (Lipinski definition) is 2. The Labute approximate surface area is 169 Å². The van der Waals surface area contributed by atoms with Crippen molar-refractivity contribution in [2.75, 3.05) is 13.2 Å². The number of rotatable bonds is 8. The van der Waals surface area contributed by atoms with Gasteiger partial charge in [-0.15, -0.1) is 13.2 Å². The third-order valence-electron chi connectivity index (χ3n) is 4.38. The van der Waals surface area contributed by atoms with Crippen molar-refractivity contribution in [1.29, 1.82) is 0 Å². The summed E-state index contributed by atoms with van der Waals surface area (Å²) in [4.78, 5) is 48.4. The number of alkyl halides is 3. The second-order valence-corrected chi connectivity index (χ2v) is 6.60. The molecule has 12 heteroatoms. The van der Waals surface area contributed by atoms with Gasteiger partial charge in [0.1, 0.15) is 17.8 Å². The number of benzene rings is 1. The lowest BCUT2D eigenvalue weighted by molar-refractivity contribution is -0.274. The van der Waals surface area contributed by atoms with Crippen LogP contribution in [0.2, 0.25) is 0 Å². The van der Waals surface area contributed by atoms with Crippen LogP contribution in [0.4, 0.5) is 18.0 Å². The van der Waals surface area contributed by atoms with Crippen LogP contribution in [-0.4, -0.2) is 53.8 Å². The summed E-state index contributed by atoms with van der Waals surface area (Å²) in [5.41, 5.74) is -1.05. The first-order valence-corrected chi connectivity index (χ1v) is 8.85. The van der Waals surface area contributed by atoms with Gasteiger partial charge in [0.2, 0.25) is 0 Å². The average molecular weight is 431 g/mol. The van der Waals surface area contributed by atoms with Crippen molar-refractivity contribution >= 4 is 23.8 Å². The van der Waals surface area contributed by atoms with Crippen molar-refractivity contribution in [3.63, 3.8) is 0 Å². The summed E-state index contributed by atoms with van der Waals surface area (Å²) in [6.45, 7) is 1.50. The number of carbonyl (C=O) groups excluding carboxylic acids is 4. The predicted molar refractivity (Wildman–Crippen MR) is 94.9 cm³/mol. The molecule has 4 amide bonds. The van der Waals surface area contributed by atoms with E-state index in [0.717, 1.165) is 6.07 Å². The summed E-state index contributed by atoms with van der Waals surface area (Å²) >= 11 is 0. The molecule has 0 spiro atoms. The molecule has 0 bridgehead atoms. The van der Waals surface area contributed by atoms with E-state index in [9.17, 15) is 32.3 Å². The first-order chi connectivity index (χ1) is 13.9. The van der Waals surface area contributed by atoms with Crippen molar-refractivity contribution in [2.45, 2.75) is 38.7 Å². The maximum atomic E-state index is 12.4. The molecule has 164 valence electrons. The maximum Gasteiger partial charge on any atom is 0.573 e. The molecule has 0 saturated carbocycles. The second kappa shape index (κ2) is 9.01. The van der Waals surface area contributed by atoms with Crippen molar-refractivity contribution in [3.8, 4) is 5.75 Å². The van der Waals surface area contributed by atoms with Crippen molar-refractivity contribution in [2.24, 2.45) is 0 Å². The molecule has 1 saturated heterocycles. The number of para-hydroxylation sites is 1. The van der Waals surface area contributed by atoms with Gasteiger partial charge in [-0.1, -0.05) is 25.1 Å². The lowest BCUT2D eigenvalue weighted by atomic mass is 9.99. The molecular weight excluding hydrogens is 411 g/mol. The summed E-state index contributed by atoms with van der Waals surface area (Å²) in [5, 5.41) is 4.76. The van der Waals surface area contributed by atoms with Crippen LogP contribution in [0.5, 0.6) is 5.75 Å². The molecular formula is C18H20F3N3O6. The SMILES string of the molecule is CCC1(C)NC(=O)N(CC(=O)OCC(=O)NCc2ccccc2OC(F)(F)F)C1=O. The Morgan fingerprint density at radius 2 is 1.90 bits per heavy atom. The fourth-order valence-corrected chi connectivity index (χ4v) is 2.57. The van der Waals surface area contributed by atoms with Crippen molar-refractivity contribution < 1.29 is 41.8 Å². The Bertz CT molecular complexity index is 845. The number of nitrogens with one attached hydrogen (secondary N) is 2. The lowest BCUT2D eigenvalue weighted by Crippen LogP contribution is -2.43. The van der Waals surface area contributed by atoms with Gasteiger partial charge in [0.05, 0.1) is 0 Å². The second-order valence-electron chi connectivity index (χ2n) is 6.60. The quantitative estimate of drug-likeness (QED) is 0.476. The zero-order chi connectivity index (χ0) is 22.5. The van der Waals surface area contributed by atoms with Crippen LogP contribution in [0.25, 0.3) is 0 Å². The Hall–Kier alpha value is -3.31. The van der Waals surface area contributed by atoms with Gasteiger partial charge in [-0.25, -0.2) is 4.79 Å². The average Bonchev–Trinajstić information content (AvgIpc) is 2.88. The third-order valence-corrected chi connectivity index (χ3v) is 4.38. The van der Waals surface area contributed by atoms with Crippen LogP contribution in [0.15, 0.2) is 24.3 Å². The fraction of sp³-hybridized carbons (Fsp3) is 0.444. The number of hydrogen-bond acceptors (Lipinski definition) is 6. The molecule has 30 heavy (non-hydrogen) atoms. The first kappa shape index (κ1) is 23.0. The van der Waals surface area contributed by atoms with E-state index in [-0.39, 0.29) is 12.1 Å². The number of ether oxygens (including phenoxy) is 2. The maximum absolute atomic E-state index is 12.4. The highest BCUT2D eigenvalue weighted by molar-refractivity contribution is 6.08. The Morgan fingerprint density at radius 3 is 2.50 bits per heavy atom. The van der Waals surface area contributed by atoms with E-state index in [2.05, 4.69) is 15.4 Å². The van der Waals surface area contributed by atoms with Gasteiger partial charge < -0.3 is 20.1 Å². The molecule has 0 radical (unpaired) electrons.